The van der Waals surface area contributed by atoms with Gasteiger partial charge in [0.05, 0.1) is 44.2 Å². The molecule has 0 saturated carbocycles. The van der Waals surface area contributed by atoms with Crippen LogP contribution in [0.3, 0.4) is 0 Å². The summed E-state index contributed by atoms with van der Waals surface area (Å²) in [6.45, 7) is 8.46. The van der Waals surface area contributed by atoms with Crippen LogP contribution in [0.15, 0.2) is 214 Å². The molecule has 0 atom stereocenters. The lowest BCUT2D eigenvalue weighted by Gasteiger charge is -2.22. The van der Waals surface area contributed by atoms with Crippen molar-refractivity contribution in [3.63, 3.8) is 0 Å². The summed E-state index contributed by atoms with van der Waals surface area (Å²) in [5.74, 6) is 0. The lowest BCUT2D eigenvalue weighted by Crippen LogP contribution is -2.15. The fourth-order valence-corrected chi connectivity index (χ4v) is 9.44. The highest BCUT2D eigenvalue weighted by molar-refractivity contribution is 5.99. The summed E-state index contributed by atoms with van der Waals surface area (Å²) in [4.78, 5) is 21.0. The molecule has 0 spiro atoms. The molecule has 16 heterocycles. The molecule has 8 heteroatoms. The van der Waals surface area contributed by atoms with Crippen molar-refractivity contribution in [2.24, 2.45) is 20.0 Å². The van der Waals surface area contributed by atoms with Gasteiger partial charge in [0, 0.05) is 80.9 Å². The van der Waals surface area contributed by atoms with Gasteiger partial charge in [-0.3, -0.25) is 0 Å². The van der Waals surface area contributed by atoms with E-state index in [4.69, 9.17) is 34.8 Å². The first kappa shape index (κ1) is 49.5. The van der Waals surface area contributed by atoms with Gasteiger partial charge in [0.1, 0.15) is 0 Å². The predicted octanol–water partition coefficient (Wildman–Crippen LogP) is 16.8. The predicted molar refractivity (Wildman–Crippen MR) is 309 cm³/mol. The molecule has 2 saturated heterocycles. The van der Waals surface area contributed by atoms with E-state index in [1.54, 1.807) is 0 Å². The Kier molecular flexibility index (Phi) is 16.5. The van der Waals surface area contributed by atoms with Crippen LogP contribution >= 0.6 is 0 Å². The number of anilines is 2. The Labute approximate surface area is 435 Å². The van der Waals surface area contributed by atoms with E-state index in [-0.39, 0.29) is 1.43 Å². The molecule has 0 aliphatic carbocycles. The third-order valence-electron chi connectivity index (χ3n) is 13.3. The first-order chi connectivity index (χ1) is 36.6. The molecule has 16 aliphatic heterocycles. The van der Waals surface area contributed by atoms with Gasteiger partial charge in [-0.25, -0.2) is 20.0 Å². The van der Waals surface area contributed by atoms with E-state index in [2.05, 4.69) is 165 Å². The Hall–Kier alpha value is -8.04. The second kappa shape index (κ2) is 24.6. The number of benzene rings is 10. The average molecular weight is 973 g/mol. The van der Waals surface area contributed by atoms with Crippen LogP contribution in [-0.4, -0.2) is 26.4 Å². The minimum atomic E-state index is 0. The smallest absolute Gasteiger partial charge is 0.658 e. The Morgan fingerprint density at radius 2 is 0.595 bits per heavy atom. The Morgan fingerprint density at radius 1 is 0.351 bits per heavy atom. The van der Waals surface area contributed by atoms with Crippen LogP contribution in [0.4, 0.5) is 45.5 Å². The van der Waals surface area contributed by atoms with Gasteiger partial charge in [-0.05, 0) is 98.5 Å². The summed E-state index contributed by atoms with van der Waals surface area (Å²) in [5, 5.41) is 20.6. The van der Waals surface area contributed by atoms with Crippen LogP contribution in [0.25, 0.3) is 48.4 Å². The number of nitrogens with one attached hydrogen (secondary N) is 1. The third kappa shape index (κ3) is 12.1. The van der Waals surface area contributed by atoms with E-state index in [1.807, 2.05) is 48.5 Å². The Bertz CT molecular complexity index is 3130. The van der Waals surface area contributed by atoms with Crippen LogP contribution < -0.4 is 26.7 Å². The first-order valence-corrected chi connectivity index (χ1v) is 26.4. The zero-order valence-electron chi connectivity index (χ0n) is 43.5. The summed E-state index contributed by atoms with van der Waals surface area (Å²) < 4.78 is 9.89. The number of ether oxygens (including phenoxy) is 2. The van der Waals surface area contributed by atoms with E-state index >= 15 is 0 Å². The minimum Gasteiger partial charge on any atom is -0.658 e. The van der Waals surface area contributed by atoms with E-state index in [9.17, 15) is 0 Å². The standard InChI is InChI=1S/C52H33N6.C6H14.2C4H8O/c1-2-10-42-41(9-1)49-43-11-3-4-12-44(43)50(42)56-38-27-19-34(20-28-38)54-36-23-31-40(32-24-36)58-52-47-15-7-5-13-45(47)51(46-14-6-8-16-48(46)52)57-39-29-21-35(22-30-39)53-33-17-25-37(55-49)26-18-33;1-3-5-6-4-2;2*1-2-4-5-3-1/h1-32,53H;3-6H2,1-2H3;2*1-4H2/q-1;;;/p+1. The number of hydrogen-bond donors (Lipinski definition) is 1. The monoisotopic (exact) mass is 973 g/mol. The van der Waals surface area contributed by atoms with E-state index in [0.717, 1.165) is 136 Å². The number of nitrogens with zero attached hydrogens (tertiary/aromatic N) is 5. The molecule has 10 aromatic carbocycles. The fraction of sp³-hybridized carbons (Fsp3) is 0.212. The maximum absolute atomic E-state index is 5.25. The van der Waals surface area contributed by atoms with Crippen molar-refractivity contribution < 1.29 is 10.9 Å². The lowest BCUT2D eigenvalue weighted by atomic mass is 10.0. The molecule has 0 radical (unpaired) electrons. The summed E-state index contributed by atoms with van der Waals surface area (Å²) in [5.41, 5.74) is 7.07. The van der Waals surface area contributed by atoms with Crippen LogP contribution in [0, 0.1) is 0 Å². The molecule has 8 nitrogen and oxygen atoms in total. The molecule has 16 aliphatic rings. The molecule has 26 rings (SSSR count). The zero-order valence-corrected chi connectivity index (χ0v) is 42.5. The van der Waals surface area contributed by atoms with Crippen LogP contribution in [0.2, 0.25) is 0 Å². The SMILES string of the molecule is C1CCOC1.C1CCOC1.CCCCCC.[H+].c1ccc2c3c4ccccc4c(c2c1)=Nc1ccc(cc1)[N-]c1ccc(cc1)N=c1c2ccccc2c(c2ccccc12)=Nc1ccc(cc1)Nc1ccc(cc1)N=3. The molecule has 12 bridgehead atoms. The molecular formula is C66H64N6O2. The fourth-order valence-electron chi connectivity index (χ4n) is 9.44. The summed E-state index contributed by atoms with van der Waals surface area (Å²) in [6, 6.07) is 66.2. The van der Waals surface area contributed by atoms with Crippen molar-refractivity contribution >= 4 is 88.6 Å². The second-order valence-corrected chi connectivity index (χ2v) is 18.7. The van der Waals surface area contributed by atoms with Crippen LogP contribution in [0.1, 0.15) is 66.6 Å². The summed E-state index contributed by atoms with van der Waals surface area (Å²) in [7, 11) is 0. The number of unbranched alkanes of at least 4 members (excludes halogenated alkanes) is 3. The molecular weight excluding hydrogens is 909 g/mol. The Morgan fingerprint density at radius 3 is 0.811 bits per heavy atom. The van der Waals surface area contributed by atoms with Gasteiger partial charge in [-0.1, -0.05) is 161 Å². The van der Waals surface area contributed by atoms with Crippen LogP contribution in [-0.2, 0) is 9.47 Å². The van der Waals surface area contributed by atoms with Crippen molar-refractivity contribution in [1.29, 1.82) is 0 Å². The van der Waals surface area contributed by atoms with Crippen molar-refractivity contribution in [1.82, 2.24) is 0 Å². The molecule has 0 unspecified atom stereocenters. The molecule has 0 aromatic heterocycles. The topological polar surface area (TPSA) is 94.0 Å². The minimum absolute atomic E-state index is 0. The number of fused-ring (bicyclic) bond motifs is 1. The van der Waals surface area contributed by atoms with Crippen molar-refractivity contribution in [3.8, 4) is 0 Å². The molecule has 1 N–H and O–H groups in total. The number of hydrogen-bond acceptors (Lipinski definition) is 7. The maximum atomic E-state index is 5.25. The van der Waals surface area contributed by atoms with E-state index in [1.165, 1.54) is 51.4 Å². The summed E-state index contributed by atoms with van der Waals surface area (Å²) in [6.07, 6.45) is 10.6. The van der Waals surface area contributed by atoms with Crippen molar-refractivity contribution in [2.75, 3.05) is 31.7 Å². The number of rotatable bonds is 3. The van der Waals surface area contributed by atoms with Gasteiger partial charge in [0.15, 0.2) is 0 Å². The lowest BCUT2D eigenvalue weighted by molar-refractivity contribution is 0.198. The molecule has 10 aromatic rings. The molecule has 74 heavy (non-hydrogen) atoms. The highest BCUT2D eigenvalue weighted by atomic mass is 16.5. The average Bonchev–Trinajstić information content (AvgIpc) is 4.27. The molecule has 2 fully saturated rings. The van der Waals surface area contributed by atoms with E-state index < -0.39 is 0 Å². The van der Waals surface area contributed by atoms with Gasteiger partial charge in [-0.2, -0.15) is 0 Å². The van der Waals surface area contributed by atoms with Gasteiger partial charge in [0.2, 0.25) is 0 Å². The van der Waals surface area contributed by atoms with Crippen molar-refractivity contribution in [2.45, 2.75) is 65.2 Å². The highest BCUT2D eigenvalue weighted by Gasteiger charge is 2.11. The van der Waals surface area contributed by atoms with Gasteiger partial charge < -0.3 is 20.1 Å². The van der Waals surface area contributed by atoms with Crippen molar-refractivity contribution in [3.05, 3.63) is 221 Å². The normalized spacial score (nSPS) is 13.6. The largest absolute Gasteiger partial charge is 1.00 e. The molecule has 370 valence electrons. The van der Waals surface area contributed by atoms with Crippen LogP contribution in [0.5, 0.6) is 0 Å². The maximum Gasteiger partial charge on any atom is 1.00 e. The van der Waals surface area contributed by atoms with E-state index in [0.29, 0.717) is 0 Å². The Balaban J connectivity index is 0.000000350. The van der Waals surface area contributed by atoms with Gasteiger partial charge in [-0.15, -0.1) is 11.4 Å². The second-order valence-electron chi connectivity index (χ2n) is 18.7. The molecule has 0 amide bonds. The third-order valence-corrected chi connectivity index (χ3v) is 13.3. The van der Waals surface area contributed by atoms with Gasteiger partial charge in [0.25, 0.3) is 0 Å². The summed E-state index contributed by atoms with van der Waals surface area (Å²) >= 11 is 0. The highest BCUT2D eigenvalue weighted by Crippen LogP contribution is 2.33. The zero-order chi connectivity index (χ0) is 50.3. The first-order valence-electron chi connectivity index (χ1n) is 26.4. The quantitative estimate of drug-likeness (QED) is 0.141. The van der Waals surface area contributed by atoms with Gasteiger partial charge >= 0.3 is 1.43 Å².